The maximum absolute atomic E-state index is 5.50. The summed E-state index contributed by atoms with van der Waals surface area (Å²) < 4.78 is 0. The average molecular weight is 815 g/mol. The van der Waals surface area contributed by atoms with Crippen LogP contribution in [-0.2, 0) is 5.41 Å². The van der Waals surface area contributed by atoms with Crippen molar-refractivity contribution >= 4 is 38.7 Å². The van der Waals surface area contributed by atoms with Crippen LogP contribution in [0.3, 0.4) is 0 Å². The van der Waals surface area contributed by atoms with Crippen molar-refractivity contribution in [1.29, 1.82) is 0 Å². The van der Waals surface area contributed by atoms with Crippen LogP contribution >= 0.6 is 0 Å². The molecule has 0 bridgehead atoms. The van der Waals surface area contributed by atoms with Crippen molar-refractivity contribution in [1.82, 2.24) is 15.0 Å². The highest BCUT2D eigenvalue weighted by atomic mass is 15.2. The first-order chi connectivity index (χ1) is 31.7. The number of fused-ring (bicyclic) bond motifs is 12. The monoisotopic (exact) mass is 814 g/mol. The number of nitrogens with zero attached hydrogens (tertiary/aromatic N) is 4. The van der Waals surface area contributed by atoms with Crippen molar-refractivity contribution in [3.05, 3.63) is 253 Å². The fourth-order valence-corrected chi connectivity index (χ4v) is 10.5. The van der Waals surface area contributed by atoms with Crippen LogP contribution < -0.4 is 4.90 Å². The van der Waals surface area contributed by atoms with Crippen molar-refractivity contribution in [3.63, 3.8) is 0 Å². The number of aromatic nitrogens is 3. The predicted octanol–water partition coefficient (Wildman–Crippen LogP) is 15.0. The highest BCUT2D eigenvalue weighted by Crippen LogP contribution is 2.64. The Morgan fingerprint density at radius 3 is 1.62 bits per heavy atom. The Bertz CT molecular complexity index is 3510. The van der Waals surface area contributed by atoms with Crippen LogP contribution in [0.5, 0.6) is 0 Å². The summed E-state index contributed by atoms with van der Waals surface area (Å²) >= 11 is 0. The molecule has 0 N–H and O–H groups in total. The molecule has 13 rings (SSSR count). The van der Waals surface area contributed by atoms with E-state index < -0.39 is 5.41 Å². The summed E-state index contributed by atoms with van der Waals surface area (Å²) in [5, 5.41) is 3.42. The van der Waals surface area contributed by atoms with Crippen molar-refractivity contribution in [2.24, 2.45) is 0 Å². The van der Waals surface area contributed by atoms with Gasteiger partial charge >= 0.3 is 0 Å². The van der Waals surface area contributed by atoms with Gasteiger partial charge in [0.25, 0.3) is 0 Å². The second kappa shape index (κ2) is 14.3. The molecule has 1 aliphatic heterocycles. The molecule has 4 nitrogen and oxygen atoms in total. The van der Waals surface area contributed by atoms with Gasteiger partial charge in [-0.2, -0.15) is 0 Å². The van der Waals surface area contributed by atoms with E-state index in [1.54, 1.807) is 0 Å². The SMILES string of the molecule is c1ccc(-c2cc(-c3cccc(-c4nc5ccccc5c5cc6c(cc45)-c4ccccc4C64c5ccccc5N(c5ccccc5)c5ccccc54)c3)nc(-c3ccccc3)n2)cc1. The van der Waals surface area contributed by atoms with Gasteiger partial charge in [0, 0.05) is 38.7 Å². The van der Waals surface area contributed by atoms with Gasteiger partial charge in [0.1, 0.15) is 0 Å². The van der Waals surface area contributed by atoms with Crippen LogP contribution in [0, 0.1) is 0 Å². The minimum atomic E-state index is -0.566. The molecular formula is C60H38N4. The third kappa shape index (κ3) is 5.39. The predicted molar refractivity (Wildman–Crippen MR) is 262 cm³/mol. The molecule has 3 heterocycles. The summed E-state index contributed by atoms with van der Waals surface area (Å²) in [5.74, 6) is 0.692. The Balaban J connectivity index is 1.06. The van der Waals surface area contributed by atoms with Crippen molar-refractivity contribution in [2.45, 2.75) is 5.41 Å². The third-order valence-corrected chi connectivity index (χ3v) is 13.2. The lowest BCUT2D eigenvalue weighted by Crippen LogP contribution is -2.36. The second-order valence-corrected chi connectivity index (χ2v) is 16.7. The van der Waals surface area contributed by atoms with Crippen LogP contribution in [-0.4, -0.2) is 15.0 Å². The molecule has 0 amide bonds. The van der Waals surface area contributed by atoms with Gasteiger partial charge in [0.05, 0.1) is 39.4 Å². The molecule has 1 aliphatic carbocycles. The van der Waals surface area contributed by atoms with E-state index >= 15 is 0 Å². The van der Waals surface area contributed by atoms with Gasteiger partial charge in [-0.05, 0) is 93.4 Å². The standard InChI is InChI=1S/C60H38N4/c1-4-19-39(20-5-1)54-38-55(63-59(62-54)40-21-6-2-7-22-40)41-23-18-24-42(35-41)58-48-36-47-44-27-10-12-29-49(44)60(52(47)37-46(48)45-28-11-15-32-53(45)61-58)50-30-13-16-33-56(50)64(43-25-8-3-9-26-43)57-34-17-14-31-51(57)60/h1-38H. The van der Waals surface area contributed by atoms with Gasteiger partial charge in [0.15, 0.2) is 5.82 Å². The number of hydrogen-bond acceptors (Lipinski definition) is 4. The van der Waals surface area contributed by atoms with E-state index in [-0.39, 0.29) is 0 Å². The van der Waals surface area contributed by atoms with Gasteiger partial charge in [-0.1, -0.05) is 176 Å². The summed E-state index contributed by atoms with van der Waals surface area (Å²) in [6.45, 7) is 0. The van der Waals surface area contributed by atoms with Crippen molar-refractivity contribution < 1.29 is 0 Å². The van der Waals surface area contributed by atoms with E-state index in [4.69, 9.17) is 15.0 Å². The molecule has 0 saturated heterocycles. The van der Waals surface area contributed by atoms with Crippen LogP contribution in [0.1, 0.15) is 22.3 Å². The summed E-state index contributed by atoms with van der Waals surface area (Å²) in [6, 6.07) is 82.7. The van der Waals surface area contributed by atoms with Gasteiger partial charge in [-0.3, -0.25) is 0 Å². The first-order valence-electron chi connectivity index (χ1n) is 21.9. The van der Waals surface area contributed by atoms with E-state index in [0.717, 1.165) is 61.3 Å². The maximum atomic E-state index is 5.50. The van der Waals surface area contributed by atoms with Crippen LogP contribution in [0.4, 0.5) is 17.1 Å². The lowest BCUT2D eigenvalue weighted by Gasteiger charge is -2.45. The fourth-order valence-electron chi connectivity index (χ4n) is 10.5. The van der Waals surface area contributed by atoms with Crippen LogP contribution in [0.25, 0.3) is 78.0 Å². The number of hydrogen-bond donors (Lipinski definition) is 0. The average Bonchev–Trinajstić information content (AvgIpc) is 3.66. The largest absolute Gasteiger partial charge is 0.310 e. The molecule has 9 aromatic carbocycles. The van der Waals surface area contributed by atoms with Crippen LogP contribution in [0.15, 0.2) is 231 Å². The molecule has 64 heavy (non-hydrogen) atoms. The number of para-hydroxylation sites is 4. The minimum absolute atomic E-state index is 0.566. The molecule has 2 aliphatic rings. The van der Waals surface area contributed by atoms with Gasteiger partial charge in [-0.25, -0.2) is 15.0 Å². The summed E-state index contributed by atoms with van der Waals surface area (Å²) in [4.78, 5) is 18.2. The molecule has 1 spiro atoms. The highest BCUT2D eigenvalue weighted by molar-refractivity contribution is 6.14. The number of benzene rings is 9. The van der Waals surface area contributed by atoms with Crippen LogP contribution in [0.2, 0.25) is 0 Å². The van der Waals surface area contributed by atoms with Crippen molar-refractivity contribution in [2.75, 3.05) is 4.90 Å². The molecule has 0 atom stereocenters. The van der Waals surface area contributed by atoms with Crippen molar-refractivity contribution in [3.8, 4) is 56.3 Å². The van der Waals surface area contributed by atoms with E-state index in [2.05, 4.69) is 211 Å². The Kier molecular flexibility index (Phi) is 8.09. The Morgan fingerprint density at radius 1 is 0.328 bits per heavy atom. The zero-order chi connectivity index (χ0) is 42.2. The zero-order valence-corrected chi connectivity index (χ0v) is 34.7. The molecule has 0 saturated carbocycles. The van der Waals surface area contributed by atoms with E-state index in [9.17, 15) is 0 Å². The number of pyridine rings is 1. The smallest absolute Gasteiger partial charge is 0.160 e. The minimum Gasteiger partial charge on any atom is -0.310 e. The summed E-state index contributed by atoms with van der Waals surface area (Å²) in [7, 11) is 0. The second-order valence-electron chi connectivity index (χ2n) is 16.7. The number of rotatable bonds is 5. The quantitative estimate of drug-likeness (QED) is 0.162. The normalized spacial score (nSPS) is 13.1. The summed E-state index contributed by atoms with van der Waals surface area (Å²) in [5.41, 5.74) is 18.2. The highest BCUT2D eigenvalue weighted by Gasteiger charge is 2.51. The number of anilines is 3. The molecule has 0 unspecified atom stereocenters. The van der Waals surface area contributed by atoms with Gasteiger partial charge in [-0.15, -0.1) is 0 Å². The third-order valence-electron chi connectivity index (χ3n) is 13.2. The molecule has 298 valence electrons. The Morgan fingerprint density at radius 2 is 0.891 bits per heavy atom. The Hall–Kier alpha value is -8.47. The molecule has 11 aromatic rings. The molecule has 4 heteroatoms. The molecule has 0 fully saturated rings. The van der Waals surface area contributed by atoms with E-state index in [0.29, 0.717) is 5.82 Å². The lowest BCUT2D eigenvalue weighted by atomic mass is 9.64. The van der Waals surface area contributed by atoms with Gasteiger partial charge in [0.2, 0.25) is 0 Å². The molecule has 2 aromatic heterocycles. The van der Waals surface area contributed by atoms with E-state index in [1.807, 2.05) is 24.3 Å². The first-order valence-corrected chi connectivity index (χ1v) is 21.9. The fraction of sp³-hybridized carbons (Fsp3) is 0.0167. The summed E-state index contributed by atoms with van der Waals surface area (Å²) in [6.07, 6.45) is 0. The maximum Gasteiger partial charge on any atom is 0.160 e. The first kappa shape index (κ1) is 36.2. The molecular weight excluding hydrogens is 777 g/mol. The van der Waals surface area contributed by atoms with E-state index in [1.165, 1.54) is 50.1 Å². The Labute approximate surface area is 371 Å². The lowest BCUT2D eigenvalue weighted by molar-refractivity contribution is 0.753. The topological polar surface area (TPSA) is 41.9 Å². The zero-order valence-electron chi connectivity index (χ0n) is 34.7. The molecule has 0 radical (unpaired) electrons. The van der Waals surface area contributed by atoms with Gasteiger partial charge < -0.3 is 4.90 Å².